The number of halogens is 6. The molecule has 2 rings (SSSR count). The van der Waals surface area contributed by atoms with E-state index in [0.717, 1.165) is 12.1 Å². The van der Waals surface area contributed by atoms with Crippen molar-refractivity contribution in [2.24, 2.45) is 0 Å². The number of nitrogens with zero attached hydrogens (tertiary/aromatic N) is 1. The first-order chi connectivity index (χ1) is 11.4. The number of alkyl halides is 6. The zero-order chi connectivity index (χ0) is 19.0. The Labute approximate surface area is 139 Å². The highest BCUT2D eigenvalue weighted by atomic mass is 19.4. The lowest BCUT2D eigenvalue weighted by Gasteiger charge is -2.37. The SMILES string of the molecule is Cc1ccc(C(OCc2c(C)noc2C)(C(F)(F)F)C(F)(F)F)cc1. The molecule has 0 saturated carbocycles. The van der Waals surface area contributed by atoms with Crippen LogP contribution in [0.25, 0.3) is 0 Å². The molecule has 0 atom stereocenters. The van der Waals surface area contributed by atoms with Crippen molar-refractivity contribution < 1.29 is 35.6 Å². The van der Waals surface area contributed by atoms with E-state index in [1.807, 2.05) is 0 Å². The van der Waals surface area contributed by atoms with Gasteiger partial charge in [-0.1, -0.05) is 35.0 Å². The lowest BCUT2D eigenvalue weighted by Crippen LogP contribution is -2.55. The van der Waals surface area contributed by atoms with Gasteiger partial charge in [0.15, 0.2) is 0 Å². The third-order valence-electron chi connectivity index (χ3n) is 3.87. The van der Waals surface area contributed by atoms with Crippen molar-refractivity contribution >= 4 is 0 Å². The van der Waals surface area contributed by atoms with Gasteiger partial charge in [-0.3, -0.25) is 0 Å². The van der Waals surface area contributed by atoms with Gasteiger partial charge in [0.25, 0.3) is 5.60 Å². The van der Waals surface area contributed by atoms with E-state index < -0.39 is 30.1 Å². The Morgan fingerprint density at radius 2 is 1.44 bits per heavy atom. The Balaban J connectivity index is 2.56. The highest BCUT2D eigenvalue weighted by Crippen LogP contribution is 2.53. The minimum Gasteiger partial charge on any atom is -0.361 e. The summed E-state index contributed by atoms with van der Waals surface area (Å²) in [5, 5.41) is 3.51. The second kappa shape index (κ2) is 6.36. The number of aryl methyl sites for hydroxylation is 3. The van der Waals surface area contributed by atoms with Crippen LogP contribution in [0.2, 0.25) is 0 Å². The zero-order valence-corrected chi connectivity index (χ0v) is 13.5. The summed E-state index contributed by atoms with van der Waals surface area (Å²) in [7, 11) is 0. The highest BCUT2D eigenvalue weighted by molar-refractivity contribution is 5.30. The van der Waals surface area contributed by atoms with Gasteiger partial charge in [-0.15, -0.1) is 0 Å². The summed E-state index contributed by atoms with van der Waals surface area (Å²) in [6.07, 6.45) is -11.4. The number of ether oxygens (including phenoxy) is 1. The molecule has 1 aromatic heterocycles. The molecule has 0 saturated heterocycles. The fourth-order valence-electron chi connectivity index (χ4n) is 2.41. The van der Waals surface area contributed by atoms with Crippen molar-refractivity contribution in [3.05, 3.63) is 52.4 Å². The molecule has 25 heavy (non-hydrogen) atoms. The van der Waals surface area contributed by atoms with Gasteiger partial charge in [0.2, 0.25) is 0 Å². The van der Waals surface area contributed by atoms with Crippen LogP contribution in [-0.4, -0.2) is 17.5 Å². The molecular formula is C16H15F6NO2. The van der Waals surface area contributed by atoms with Crippen molar-refractivity contribution in [1.82, 2.24) is 5.16 Å². The maximum atomic E-state index is 13.6. The predicted molar refractivity (Wildman–Crippen MR) is 75.7 cm³/mol. The fraction of sp³-hybridized carbons (Fsp3) is 0.438. The lowest BCUT2D eigenvalue weighted by molar-refractivity contribution is -0.392. The van der Waals surface area contributed by atoms with E-state index in [-0.39, 0.29) is 17.0 Å². The van der Waals surface area contributed by atoms with Gasteiger partial charge in [0, 0.05) is 11.1 Å². The number of aromatic nitrogens is 1. The molecule has 0 aliphatic heterocycles. The van der Waals surface area contributed by atoms with Crippen molar-refractivity contribution in [2.75, 3.05) is 0 Å². The van der Waals surface area contributed by atoms with Gasteiger partial charge in [0.1, 0.15) is 5.76 Å². The van der Waals surface area contributed by atoms with E-state index in [9.17, 15) is 26.3 Å². The molecular weight excluding hydrogens is 352 g/mol. The molecule has 0 N–H and O–H groups in total. The van der Waals surface area contributed by atoms with Crippen LogP contribution in [0, 0.1) is 20.8 Å². The van der Waals surface area contributed by atoms with E-state index in [4.69, 9.17) is 4.52 Å². The normalized spacial score (nSPS) is 13.3. The van der Waals surface area contributed by atoms with E-state index in [1.165, 1.54) is 26.0 Å². The summed E-state index contributed by atoms with van der Waals surface area (Å²) < 4.78 is 90.9. The van der Waals surface area contributed by atoms with Crippen LogP contribution in [0.4, 0.5) is 26.3 Å². The first kappa shape index (κ1) is 19.3. The number of rotatable bonds is 4. The van der Waals surface area contributed by atoms with Crippen LogP contribution in [0.5, 0.6) is 0 Å². The van der Waals surface area contributed by atoms with Crippen molar-refractivity contribution in [3.63, 3.8) is 0 Å². The smallest absolute Gasteiger partial charge is 0.361 e. The van der Waals surface area contributed by atoms with Crippen molar-refractivity contribution in [3.8, 4) is 0 Å². The van der Waals surface area contributed by atoms with Crippen LogP contribution in [0.1, 0.15) is 28.1 Å². The zero-order valence-electron chi connectivity index (χ0n) is 13.5. The summed E-state index contributed by atoms with van der Waals surface area (Å²) >= 11 is 0. The minimum absolute atomic E-state index is 0.0463. The molecule has 0 fully saturated rings. The quantitative estimate of drug-likeness (QED) is 0.702. The molecule has 0 aliphatic rings. The second-order valence-corrected chi connectivity index (χ2v) is 5.63. The molecule has 0 radical (unpaired) electrons. The number of hydrogen-bond acceptors (Lipinski definition) is 3. The number of hydrogen-bond donors (Lipinski definition) is 0. The van der Waals surface area contributed by atoms with Crippen LogP contribution >= 0.6 is 0 Å². The summed E-state index contributed by atoms with van der Waals surface area (Å²) in [6, 6.07) is 3.87. The van der Waals surface area contributed by atoms with Gasteiger partial charge < -0.3 is 9.26 Å². The predicted octanol–water partition coefficient (Wildman–Crippen LogP) is 5.14. The average molecular weight is 367 g/mol. The van der Waals surface area contributed by atoms with Gasteiger partial charge in [-0.25, -0.2) is 0 Å². The van der Waals surface area contributed by atoms with Gasteiger partial charge >= 0.3 is 12.4 Å². The Hall–Kier alpha value is -2.03. The van der Waals surface area contributed by atoms with Crippen LogP contribution in [-0.2, 0) is 16.9 Å². The van der Waals surface area contributed by atoms with Crippen LogP contribution in [0.3, 0.4) is 0 Å². The van der Waals surface area contributed by atoms with Crippen molar-refractivity contribution in [2.45, 2.75) is 45.3 Å². The van der Waals surface area contributed by atoms with Gasteiger partial charge in [-0.05, 0) is 20.8 Å². The maximum absolute atomic E-state index is 13.6. The molecule has 0 bridgehead atoms. The molecule has 1 aromatic carbocycles. The second-order valence-electron chi connectivity index (χ2n) is 5.63. The third-order valence-corrected chi connectivity index (χ3v) is 3.87. The van der Waals surface area contributed by atoms with E-state index >= 15 is 0 Å². The molecule has 9 heteroatoms. The van der Waals surface area contributed by atoms with Gasteiger partial charge in [-0.2, -0.15) is 26.3 Å². The Kier molecular flexibility index (Phi) is 4.91. The fourth-order valence-corrected chi connectivity index (χ4v) is 2.41. The molecule has 0 amide bonds. The van der Waals surface area contributed by atoms with Crippen molar-refractivity contribution in [1.29, 1.82) is 0 Å². The average Bonchev–Trinajstić information content (AvgIpc) is 2.78. The molecule has 1 heterocycles. The monoisotopic (exact) mass is 367 g/mol. The van der Waals surface area contributed by atoms with Crippen LogP contribution in [0.15, 0.2) is 28.8 Å². The Morgan fingerprint density at radius 1 is 0.920 bits per heavy atom. The summed E-state index contributed by atoms with van der Waals surface area (Å²) in [5.74, 6) is 0.0969. The third kappa shape index (κ3) is 3.37. The largest absolute Gasteiger partial charge is 0.430 e. The van der Waals surface area contributed by atoms with E-state index in [2.05, 4.69) is 9.89 Å². The first-order valence-corrected chi connectivity index (χ1v) is 7.16. The van der Waals surface area contributed by atoms with E-state index in [1.54, 1.807) is 6.92 Å². The van der Waals surface area contributed by atoms with E-state index in [0.29, 0.717) is 5.56 Å². The topological polar surface area (TPSA) is 35.3 Å². The van der Waals surface area contributed by atoms with Gasteiger partial charge in [0.05, 0.1) is 12.3 Å². The number of benzene rings is 1. The summed E-state index contributed by atoms with van der Waals surface area (Å²) in [6.45, 7) is 3.39. The highest BCUT2D eigenvalue weighted by Gasteiger charge is 2.73. The molecule has 138 valence electrons. The van der Waals surface area contributed by atoms with Crippen LogP contribution < -0.4 is 0 Å². The standard InChI is InChI=1S/C16H15F6NO2/c1-9-4-6-12(7-5-9)14(15(17,18)19,16(20,21)22)24-8-13-10(2)23-25-11(13)3/h4-7H,8H2,1-3H3. The molecule has 0 spiro atoms. The Bertz CT molecular complexity index is 697. The molecule has 0 unspecified atom stereocenters. The molecule has 0 aliphatic carbocycles. The molecule has 2 aromatic rings. The Morgan fingerprint density at radius 3 is 1.84 bits per heavy atom. The maximum Gasteiger partial charge on any atom is 0.430 e. The molecule has 3 nitrogen and oxygen atoms in total. The summed E-state index contributed by atoms with van der Waals surface area (Å²) in [5.41, 5.74) is -4.76. The first-order valence-electron chi connectivity index (χ1n) is 7.16. The lowest BCUT2D eigenvalue weighted by atomic mass is 9.91. The minimum atomic E-state index is -5.72. The summed E-state index contributed by atoms with van der Waals surface area (Å²) in [4.78, 5) is 0.